The molecule has 1 saturated carbocycles. The minimum absolute atomic E-state index is 0.0861. The third kappa shape index (κ3) is 3.35. The van der Waals surface area contributed by atoms with Crippen LogP contribution >= 0.6 is 0 Å². The number of carbonyl (C=O) groups excluding carboxylic acids is 3. The van der Waals surface area contributed by atoms with Gasteiger partial charge in [-0.1, -0.05) is 30.3 Å². The van der Waals surface area contributed by atoms with Gasteiger partial charge >= 0.3 is 6.09 Å². The summed E-state index contributed by atoms with van der Waals surface area (Å²) in [7, 11) is 1.27. The van der Waals surface area contributed by atoms with Gasteiger partial charge in [0.2, 0.25) is 0 Å². The predicted molar refractivity (Wildman–Crippen MR) is 81.4 cm³/mol. The van der Waals surface area contributed by atoms with Gasteiger partial charge in [-0.15, -0.1) is 0 Å². The molecule has 2 atom stereocenters. The van der Waals surface area contributed by atoms with Crippen molar-refractivity contribution in [2.45, 2.75) is 38.1 Å². The first-order valence-electron chi connectivity index (χ1n) is 7.50. The summed E-state index contributed by atoms with van der Waals surface area (Å²) < 4.78 is 4.64. The van der Waals surface area contributed by atoms with Gasteiger partial charge in [-0.25, -0.2) is 4.79 Å². The number of nitrogens with one attached hydrogen (secondary N) is 1. The van der Waals surface area contributed by atoms with Gasteiger partial charge in [-0.3, -0.25) is 4.79 Å². The fourth-order valence-electron chi connectivity index (χ4n) is 3.10. The number of alkyl carbamates (subject to hydrolysis) is 1. The molecule has 2 unspecified atom stereocenters. The van der Waals surface area contributed by atoms with E-state index in [1.54, 1.807) is 0 Å². The molecule has 2 rings (SSSR count). The molecule has 0 spiro atoms. The Kier molecular flexibility index (Phi) is 5.31. The van der Waals surface area contributed by atoms with E-state index in [0.717, 1.165) is 5.56 Å². The largest absolute Gasteiger partial charge is 0.453 e. The number of benzene rings is 1. The van der Waals surface area contributed by atoms with Crippen LogP contribution < -0.4 is 5.32 Å². The second-order valence-electron chi connectivity index (χ2n) is 5.65. The Morgan fingerprint density at radius 1 is 1.41 bits per heavy atom. The van der Waals surface area contributed by atoms with Crippen molar-refractivity contribution in [2.24, 2.45) is 5.41 Å². The zero-order chi connectivity index (χ0) is 16.0. The summed E-state index contributed by atoms with van der Waals surface area (Å²) in [5.41, 5.74) is -0.00570. The van der Waals surface area contributed by atoms with Crippen molar-refractivity contribution < 1.29 is 19.1 Å². The predicted octanol–water partition coefficient (Wildman–Crippen LogP) is 2.28. The standard InChI is InChI=1S/C17H21NO4/c1-22-16(21)18-14(10-9-13-6-3-2-4-7-13)17(12-19)11-5-8-15(17)20/h2-4,6-7,12,14H,5,8-11H2,1H3,(H,18,21). The summed E-state index contributed by atoms with van der Waals surface area (Å²) in [6, 6.07) is 9.25. The molecule has 1 aliphatic rings. The number of rotatable bonds is 6. The number of aryl methyl sites for hydroxylation is 1. The van der Waals surface area contributed by atoms with Crippen molar-refractivity contribution in [1.82, 2.24) is 5.32 Å². The van der Waals surface area contributed by atoms with Crippen molar-refractivity contribution in [3.63, 3.8) is 0 Å². The first-order valence-corrected chi connectivity index (χ1v) is 7.50. The normalized spacial score (nSPS) is 22.1. The van der Waals surface area contributed by atoms with E-state index in [-0.39, 0.29) is 5.78 Å². The van der Waals surface area contributed by atoms with Gasteiger partial charge < -0.3 is 14.8 Å². The third-order valence-corrected chi connectivity index (χ3v) is 4.39. The molecule has 5 nitrogen and oxygen atoms in total. The number of aldehydes is 1. The average Bonchev–Trinajstić information content (AvgIpc) is 2.93. The van der Waals surface area contributed by atoms with Crippen LogP contribution in [0.25, 0.3) is 0 Å². The Hall–Kier alpha value is -2.17. The molecule has 1 fully saturated rings. The molecule has 1 aromatic carbocycles. The van der Waals surface area contributed by atoms with Crippen LogP contribution in [0.1, 0.15) is 31.2 Å². The van der Waals surface area contributed by atoms with Crippen LogP contribution in [0.2, 0.25) is 0 Å². The van der Waals surface area contributed by atoms with Crippen molar-refractivity contribution in [3.8, 4) is 0 Å². The van der Waals surface area contributed by atoms with E-state index in [1.165, 1.54) is 7.11 Å². The highest BCUT2D eigenvalue weighted by Crippen LogP contribution is 2.38. The van der Waals surface area contributed by atoms with Gasteiger partial charge in [-0.05, 0) is 31.2 Å². The number of Topliss-reactive ketones (excluding diaryl/α,β-unsaturated/α-hetero) is 1. The zero-order valence-electron chi connectivity index (χ0n) is 12.7. The lowest BCUT2D eigenvalue weighted by atomic mass is 9.76. The summed E-state index contributed by atoms with van der Waals surface area (Å²) >= 11 is 0. The fourth-order valence-corrected chi connectivity index (χ4v) is 3.10. The van der Waals surface area contributed by atoms with Crippen molar-refractivity contribution in [1.29, 1.82) is 0 Å². The lowest BCUT2D eigenvalue weighted by Gasteiger charge is -2.31. The van der Waals surface area contributed by atoms with E-state index in [1.807, 2.05) is 30.3 Å². The smallest absolute Gasteiger partial charge is 0.407 e. The number of ether oxygens (including phenoxy) is 1. The van der Waals surface area contributed by atoms with Crippen LogP contribution in [-0.2, 0) is 20.7 Å². The maximum atomic E-state index is 12.2. The van der Waals surface area contributed by atoms with Crippen LogP contribution in [0, 0.1) is 5.41 Å². The Balaban J connectivity index is 2.16. The number of amides is 1. The molecule has 0 aromatic heterocycles. The number of carbonyl (C=O) groups is 3. The monoisotopic (exact) mass is 303 g/mol. The summed E-state index contributed by atoms with van der Waals surface area (Å²) in [6.45, 7) is 0. The lowest BCUT2D eigenvalue weighted by molar-refractivity contribution is -0.133. The van der Waals surface area contributed by atoms with E-state index < -0.39 is 17.6 Å². The Labute approximate surface area is 130 Å². The third-order valence-electron chi connectivity index (χ3n) is 4.39. The highest BCUT2D eigenvalue weighted by Gasteiger charge is 2.48. The van der Waals surface area contributed by atoms with Gasteiger partial charge in [0.1, 0.15) is 17.5 Å². The number of ketones is 1. The average molecular weight is 303 g/mol. The first kappa shape index (κ1) is 16.2. The van der Waals surface area contributed by atoms with Gasteiger partial charge in [-0.2, -0.15) is 0 Å². The molecule has 22 heavy (non-hydrogen) atoms. The molecule has 1 aliphatic carbocycles. The number of hydrogen-bond donors (Lipinski definition) is 1. The van der Waals surface area contributed by atoms with E-state index in [2.05, 4.69) is 10.1 Å². The van der Waals surface area contributed by atoms with Crippen molar-refractivity contribution in [2.75, 3.05) is 7.11 Å². The number of methoxy groups -OCH3 is 1. The van der Waals surface area contributed by atoms with Gasteiger partial charge in [0.05, 0.1) is 13.2 Å². The molecule has 5 heteroatoms. The summed E-state index contributed by atoms with van der Waals surface area (Å²) in [5, 5.41) is 2.69. The highest BCUT2D eigenvalue weighted by atomic mass is 16.5. The van der Waals surface area contributed by atoms with Gasteiger partial charge in [0.15, 0.2) is 0 Å². The summed E-state index contributed by atoms with van der Waals surface area (Å²) in [6.07, 6.45) is 2.86. The second kappa shape index (κ2) is 7.20. The lowest BCUT2D eigenvalue weighted by Crippen LogP contribution is -2.51. The van der Waals surface area contributed by atoms with Crippen LogP contribution in [0.15, 0.2) is 30.3 Å². The number of hydrogen-bond acceptors (Lipinski definition) is 4. The Morgan fingerprint density at radius 2 is 2.14 bits per heavy atom. The van der Waals surface area contributed by atoms with Crippen LogP contribution in [-0.4, -0.2) is 31.3 Å². The molecule has 0 bridgehead atoms. The van der Waals surface area contributed by atoms with Crippen LogP contribution in [0.5, 0.6) is 0 Å². The zero-order valence-corrected chi connectivity index (χ0v) is 12.7. The summed E-state index contributed by atoms with van der Waals surface area (Å²) in [5.74, 6) is -0.0861. The van der Waals surface area contributed by atoms with Crippen molar-refractivity contribution in [3.05, 3.63) is 35.9 Å². The van der Waals surface area contributed by atoms with Crippen LogP contribution in [0.4, 0.5) is 4.79 Å². The summed E-state index contributed by atoms with van der Waals surface area (Å²) in [4.78, 5) is 35.5. The topological polar surface area (TPSA) is 72.5 Å². The Bertz CT molecular complexity index is 543. The SMILES string of the molecule is COC(=O)NC(CCc1ccccc1)C1(C=O)CCCC1=O. The minimum atomic E-state index is -1.11. The van der Waals surface area contributed by atoms with E-state index in [4.69, 9.17) is 0 Å². The molecule has 1 amide bonds. The van der Waals surface area contributed by atoms with Crippen LogP contribution in [0.3, 0.4) is 0 Å². The minimum Gasteiger partial charge on any atom is -0.453 e. The molecular formula is C17H21NO4. The van der Waals surface area contributed by atoms with Crippen molar-refractivity contribution >= 4 is 18.2 Å². The van der Waals surface area contributed by atoms with E-state index in [9.17, 15) is 14.4 Å². The fraction of sp³-hybridized carbons (Fsp3) is 0.471. The van der Waals surface area contributed by atoms with E-state index >= 15 is 0 Å². The molecule has 1 N–H and O–H groups in total. The maximum absolute atomic E-state index is 12.2. The molecule has 0 heterocycles. The molecule has 1 aromatic rings. The molecular weight excluding hydrogens is 282 g/mol. The highest BCUT2D eigenvalue weighted by molar-refractivity contribution is 6.01. The van der Waals surface area contributed by atoms with Gasteiger partial charge in [0, 0.05) is 6.42 Å². The molecule has 118 valence electrons. The maximum Gasteiger partial charge on any atom is 0.407 e. The quantitative estimate of drug-likeness (QED) is 0.646. The molecule has 0 aliphatic heterocycles. The molecule has 0 radical (unpaired) electrons. The first-order chi connectivity index (χ1) is 10.6. The molecule has 0 saturated heterocycles. The van der Waals surface area contributed by atoms with Gasteiger partial charge in [0.25, 0.3) is 0 Å². The second-order valence-corrected chi connectivity index (χ2v) is 5.65. The Morgan fingerprint density at radius 3 is 2.68 bits per heavy atom. The van der Waals surface area contributed by atoms with E-state index in [0.29, 0.717) is 38.4 Å².